The van der Waals surface area contributed by atoms with Gasteiger partial charge in [-0.1, -0.05) is 16.6 Å². The minimum absolute atomic E-state index is 0.104. The number of aryl methyl sites for hydroxylation is 1. The zero-order chi connectivity index (χ0) is 18.8. The van der Waals surface area contributed by atoms with Crippen LogP contribution < -0.4 is 9.91 Å². The summed E-state index contributed by atoms with van der Waals surface area (Å²) in [7, 11) is 0. The summed E-state index contributed by atoms with van der Waals surface area (Å²) in [5.74, 6) is 3.20. The van der Waals surface area contributed by atoms with Crippen molar-refractivity contribution in [2.45, 2.75) is 6.92 Å². The molecule has 0 unspecified atom stereocenters. The number of furan rings is 1. The average molecular weight is 379 g/mol. The summed E-state index contributed by atoms with van der Waals surface area (Å²) in [5.41, 5.74) is 1.83. The van der Waals surface area contributed by atoms with Gasteiger partial charge < -0.3 is 13.8 Å². The molecule has 0 fully saturated rings. The maximum Gasteiger partial charge on any atom is 0.295 e. The number of rotatable bonds is 2. The quantitative estimate of drug-likeness (QED) is 0.629. The highest BCUT2D eigenvalue weighted by molar-refractivity contribution is 6.08. The summed E-state index contributed by atoms with van der Waals surface area (Å²) in [6.45, 7) is 2.24. The predicted molar refractivity (Wildman–Crippen MR) is 97.3 cm³/mol. The summed E-state index contributed by atoms with van der Waals surface area (Å²) >= 11 is 0. The molecule has 3 aromatic rings. The van der Waals surface area contributed by atoms with Crippen LogP contribution in [0.1, 0.15) is 11.3 Å². The Kier molecular flexibility index (Phi) is 2.91. The number of benzene rings is 1. The van der Waals surface area contributed by atoms with Gasteiger partial charge in [-0.3, -0.25) is 0 Å². The molecule has 3 aliphatic rings. The van der Waals surface area contributed by atoms with Gasteiger partial charge in [-0.25, -0.2) is 15.0 Å². The zero-order valence-corrected chi connectivity index (χ0v) is 14.8. The van der Waals surface area contributed by atoms with Crippen LogP contribution >= 0.6 is 0 Å². The minimum atomic E-state index is 0.104. The van der Waals surface area contributed by atoms with Crippen molar-refractivity contribution < 1.29 is 13.4 Å². The van der Waals surface area contributed by atoms with Gasteiger partial charge in [0.25, 0.3) is 11.8 Å². The van der Waals surface area contributed by atoms with E-state index >= 15 is 0 Å². The Labute approximate surface area is 158 Å². The second-order valence-corrected chi connectivity index (χ2v) is 6.62. The van der Waals surface area contributed by atoms with Crippen LogP contribution in [0, 0.1) is 6.92 Å². The fourth-order valence-electron chi connectivity index (χ4n) is 3.64. The molecule has 0 aliphatic carbocycles. The number of nitrogens with zero attached hydrogens (tertiary/aromatic N) is 7. The molecule has 2 aromatic heterocycles. The van der Waals surface area contributed by atoms with E-state index in [2.05, 4.69) is 15.1 Å². The van der Waals surface area contributed by atoms with Crippen LogP contribution in [-0.4, -0.2) is 39.4 Å². The number of aliphatic imine (C=N–C) groups is 1. The van der Waals surface area contributed by atoms with Crippen molar-refractivity contribution in [2.24, 2.45) is 4.99 Å². The second kappa shape index (κ2) is 5.35. The lowest BCUT2D eigenvalue weighted by atomic mass is 10.1. The van der Waals surface area contributed by atoms with E-state index in [0.29, 0.717) is 28.5 Å². The largest absolute Gasteiger partial charge is 0.456 e. The van der Waals surface area contributed by atoms with Crippen molar-refractivity contribution in [3.05, 3.63) is 59.7 Å². The summed E-state index contributed by atoms with van der Waals surface area (Å²) in [4.78, 5) is 11.0. The van der Waals surface area contributed by atoms with Gasteiger partial charge in [-0.2, -0.15) is 10.1 Å². The molecule has 0 amide bonds. The summed E-state index contributed by atoms with van der Waals surface area (Å²) in [6.07, 6.45) is 1.43. The molecule has 10 heteroatoms. The van der Waals surface area contributed by atoms with Crippen LogP contribution in [-0.2, 0) is 0 Å². The van der Waals surface area contributed by atoms with E-state index < -0.39 is 0 Å². The highest BCUT2D eigenvalue weighted by Crippen LogP contribution is 2.40. The van der Waals surface area contributed by atoms with Crippen molar-refractivity contribution >= 4 is 17.5 Å². The zero-order valence-electron chi connectivity index (χ0n) is 14.8. The first-order valence-corrected chi connectivity index (χ1v) is 8.73. The lowest BCUT2D eigenvalue weighted by Crippen LogP contribution is -2.49. The first kappa shape index (κ1) is 15.3. The predicted octanol–water partition coefficient (Wildman–Crippen LogP) is 2.86. The van der Waals surface area contributed by atoms with Gasteiger partial charge in [-0.15, -0.1) is 0 Å². The normalized spacial score (nSPS) is 17.5. The number of para-hydroxylation sites is 1. The number of amidine groups is 1. The lowest BCUT2D eigenvalue weighted by molar-refractivity contribution is 0.104. The van der Waals surface area contributed by atoms with Gasteiger partial charge in [0.2, 0.25) is 0 Å². The number of hydrogen-bond acceptors (Lipinski definition) is 9. The fraction of sp³-hybridized carbons (Fsp3) is 0.167. The van der Waals surface area contributed by atoms with Crippen LogP contribution in [0.3, 0.4) is 0 Å². The first-order valence-electron chi connectivity index (χ1n) is 8.73. The van der Waals surface area contributed by atoms with Crippen LogP contribution in [0.4, 0.5) is 16.1 Å². The molecular formula is C18H14FN7O2. The molecule has 5 heterocycles. The molecule has 9 nitrogen and oxygen atoms in total. The van der Waals surface area contributed by atoms with Gasteiger partial charge in [0.1, 0.15) is 19.1 Å². The summed E-state index contributed by atoms with van der Waals surface area (Å²) < 4.78 is 25.0. The molecule has 0 bridgehead atoms. The third kappa shape index (κ3) is 2.02. The number of hydrazine groups is 1. The highest BCUT2D eigenvalue weighted by Gasteiger charge is 2.43. The molecule has 0 radical (unpaired) electrons. The Morgan fingerprint density at radius 2 is 2.04 bits per heavy atom. The number of hydrogen-bond donors (Lipinski definition) is 0. The summed E-state index contributed by atoms with van der Waals surface area (Å²) in [6, 6.07) is 11.4. The molecule has 1 aromatic carbocycles. The maximum atomic E-state index is 14.1. The summed E-state index contributed by atoms with van der Waals surface area (Å²) in [5, 5.41) is 8.27. The lowest BCUT2D eigenvalue weighted by Gasteiger charge is -2.39. The number of halogens is 1. The first-order chi connectivity index (χ1) is 13.7. The van der Waals surface area contributed by atoms with E-state index in [1.54, 1.807) is 11.1 Å². The van der Waals surface area contributed by atoms with E-state index in [1.165, 1.54) is 6.20 Å². The molecule has 3 aliphatic heterocycles. The van der Waals surface area contributed by atoms with Gasteiger partial charge in [0.15, 0.2) is 17.4 Å². The van der Waals surface area contributed by atoms with Crippen molar-refractivity contribution in [3.8, 4) is 11.7 Å². The highest BCUT2D eigenvalue weighted by atomic mass is 19.2. The van der Waals surface area contributed by atoms with E-state index in [0.717, 1.165) is 17.0 Å². The molecule has 0 saturated carbocycles. The van der Waals surface area contributed by atoms with Crippen molar-refractivity contribution in [1.29, 1.82) is 0 Å². The van der Waals surface area contributed by atoms with E-state index in [4.69, 9.17) is 8.94 Å². The van der Waals surface area contributed by atoms with Crippen molar-refractivity contribution in [1.82, 2.24) is 20.3 Å². The molecule has 140 valence electrons. The Bertz CT molecular complexity index is 1150. The third-order valence-electron chi connectivity index (χ3n) is 4.86. The minimum Gasteiger partial charge on any atom is -0.456 e. The van der Waals surface area contributed by atoms with Crippen LogP contribution in [0.25, 0.3) is 11.7 Å². The van der Waals surface area contributed by atoms with Crippen LogP contribution in [0.15, 0.2) is 62.4 Å². The third-order valence-corrected chi connectivity index (χ3v) is 4.86. The SMILES string of the molecule is Cc1ccc(-c2nc(N3CN=C4c5ccccc5N5CN(F)C=C5N43)no2)o1. The van der Waals surface area contributed by atoms with Crippen LogP contribution in [0.5, 0.6) is 0 Å². The maximum absolute atomic E-state index is 14.1. The van der Waals surface area contributed by atoms with Gasteiger partial charge in [0.05, 0.1) is 11.9 Å². The number of anilines is 2. The fourth-order valence-corrected chi connectivity index (χ4v) is 3.64. The van der Waals surface area contributed by atoms with E-state index in [1.807, 2.05) is 47.2 Å². The molecule has 0 spiro atoms. The standard InChI is InChI=1S/C18H14FN7O2/c1-11-6-7-14(27-11)17-21-18(22-28-17)25-9-20-16-12-4-2-3-5-13(12)24-10-23(19)8-15(24)26(16)25/h2-8H,9-10H2,1H3. The molecule has 28 heavy (non-hydrogen) atoms. The van der Waals surface area contributed by atoms with Gasteiger partial charge in [0, 0.05) is 5.56 Å². The van der Waals surface area contributed by atoms with Gasteiger partial charge >= 0.3 is 0 Å². The molecule has 0 atom stereocenters. The topological polar surface area (TPSA) is 77.4 Å². The monoisotopic (exact) mass is 379 g/mol. The van der Waals surface area contributed by atoms with Crippen molar-refractivity contribution in [3.63, 3.8) is 0 Å². The van der Waals surface area contributed by atoms with Crippen molar-refractivity contribution in [2.75, 3.05) is 23.2 Å². The Morgan fingerprint density at radius 3 is 2.89 bits per heavy atom. The molecule has 6 rings (SSSR count). The average Bonchev–Trinajstić information content (AvgIpc) is 3.46. The Morgan fingerprint density at radius 1 is 1.14 bits per heavy atom. The number of aromatic nitrogens is 2. The number of fused-ring (bicyclic) bond motifs is 6. The molecule has 0 N–H and O–H groups in total. The Balaban J connectivity index is 1.42. The van der Waals surface area contributed by atoms with E-state index in [-0.39, 0.29) is 19.2 Å². The Hall–Kier alpha value is -3.82. The molecular weight excluding hydrogens is 365 g/mol. The smallest absolute Gasteiger partial charge is 0.295 e. The van der Waals surface area contributed by atoms with Gasteiger partial charge in [-0.05, 0) is 36.3 Å². The van der Waals surface area contributed by atoms with E-state index in [9.17, 15) is 4.48 Å². The second-order valence-electron chi connectivity index (χ2n) is 6.62. The molecule has 0 saturated heterocycles. The van der Waals surface area contributed by atoms with Crippen LogP contribution in [0.2, 0.25) is 0 Å².